The maximum atomic E-state index is 12.4. The van der Waals surface area contributed by atoms with Crippen molar-refractivity contribution in [2.45, 2.75) is 6.92 Å². The van der Waals surface area contributed by atoms with E-state index < -0.39 is 0 Å². The number of carbonyl (C=O) groups excluding carboxylic acids is 1. The number of anilines is 1. The number of nitrogens with zero attached hydrogens (tertiary/aromatic N) is 1. The standard InChI is InChI=1S/C22H18N2O3/c1-2-26-18-13-9-15(10-14-18)21(25)23-17-11-7-16(8-12-17)22-24-19-5-3-4-6-20(19)27-22/h3-14H,2H2,1H3,(H,23,25). The Labute approximate surface area is 156 Å². The van der Waals surface area contributed by atoms with Crippen molar-refractivity contribution in [3.8, 4) is 17.2 Å². The monoisotopic (exact) mass is 358 g/mol. The highest BCUT2D eigenvalue weighted by molar-refractivity contribution is 6.04. The molecule has 1 heterocycles. The molecular weight excluding hydrogens is 340 g/mol. The molecule has 0 saturated carbocycles. The number of oxazole rings is 1. The first-order valence-corrected chi connectivity index (χ1v) is 8.73. The molecule has 1 amide bonds. The van der Waals surface area contributed by atoms with E-state index in [1.807, 2.05) is 55.5 Å². The van der Waals surface area contributed by atoms with Crippen LogP contribution in [0, 0.1) is 0 Å². The lowest BCUT2D eigenvalue weighted by Crippen LogP contribution is -2.11. The molecule has 5 heteroatoms. The third kappa shape index (κ3) is 3.67. The lowest BCUT2D eigenvalue weighted by molar-refractivity contribution is 0.102. The Morgan fingerprint density at radius 2 is 1.74 bits per heavy atom. The van der Waals surface area contributed by atoms with Crippen LogP contribution in [0.4, 0.5) is 5.69 Å². The fourth-order valence-electron chi connectivity index (χ4n) is 2.76. The first-order chi connectivity index (χ1) is 13.2. The van der Waals surface area contributed by atoms with Crippen molar-refractivity contribution in [1.29, 1.82) is 0 Å². The van der Waals surface area contributed by atoms with Crippen LogP contribution < -0.4 is 10.1 Å². The van der Waals surface area contributed by atoms with Crippen LogP contribution in [0.15, 0.2) is 77.2 Å². The summed E-state index contributed by atoms with van der Waals surface area (Å²) in [6.45, 7) is 2.52. The average molecular weight is 358 g/mol. The number of ether oxygens (including phenoxy) is 1. The van der Waals surface area contributed by atoms with Gasteiger partial charge in [-0.1, -0.05) is 12.1 Å². The summed E-state index contributed by atoms with van der Waals surface area (Å²) in [6, 6.07) is 22.1. The number of rotatable bonds is 5. The zero-order chi connectivity index (χ0) is 18.6. The van der Waals surface area contributed by atoms with E-state index in [4.69, 9.17) is 9.15 Å². The molecule has 0 aliphatic rings. The van der Waals surface area contributed by atoms with Crippen molar-refractivity contribution in [3.63, 3.8) is 0 Å². The van der Waals surface area contributed by atoms with Gasteiger partial charge in [0.1, 0.15) is 11.3 Å². The second kappa shape index (κ2) is 7.33. The molecule has 0 radical (unpaired) electrons. The summed E-state index contributed by atoms with van der Waals surface area (Å²) < 4.78 is 11.2. The maximum Gasteiger partial charge on any atom is 0.255 e. The van der Waals surface area contributed by atoms with Crippen LogP contribution in [0.5, 0.6) is 5.75 Å². The van der Waals surface area contributed by atoms with Gasteiger partial charge in [-0.3, -0.25) is 4.79 Å². The summed E-state index contributed by atoms with van der Waals surface area (Å²) >= 11 is 0. The molecule has 1 aromatic heterocycles. The van der Waals surface area contributed by atoms with Crippen molar-refractivity contribution < 1.29 is 13.9 Å². The van der Waals surface area contributed by atoms with Gasteiger partial charge in [-0.15, -0.1) is 0 Å². The second-order valence-corrected chi connectivity index (χ2v) is 5.98. The van der Waals surface area contributed by atoms with Crippen molar-refractivity contribution in [3.05, 3.63) is 78.4 Å². The summed E-state index contributed by atoms with van der Waals surface area (Å²) in [5.74, 6) is 1.13. The maximum absolute atomic E-state index is 12.4. The van der Waals surface area contributed by atoms with Gasteiger partial charge in [-0.25, -0.2) is 4.98 Å². The summed E-state index contributed by atoms with van der Waals surface area (Å²) in [6.07, 6.45) is 0. The van der Waals surface area contributed by atoms with Gasteiger partial charge in [0.05, 0.1) is 6.61 Å². The van der Waals surface area contributed by atoms with Gasteiger partial charge in [0.15, 0.2) is 5.58 Å². The van der Waals surface area contributed by atoms with E-state index in [-0.39, 0.29) is 5.91 Å². The second-order valence-electron chi connectivity index (χ2n) is 5.98. The van der Waals surface area contributed by atoms with Gasteiger partial charge < -0.3 is 14.5 Å². The number of carbonyl (C=O) groups is 1. The minimum Gasteiger partial charge on any atom is -0.494 e. The first-order valence-electron chi connectivity index (χ1n) is 8.73. The number of aromatic nitrogens is 1. The summed E-state index contributed by atoms with van der Waals surface area (Å²) in [4.78, 5) is 16.9. The number of hydrogen-bond donors (Lipinski definition) is 1. The molecule has 0 bridgehead atoms. The Balaban J connectivity index is 1.47. The molecule has 3 aromatic carbocycles. The number of nitrogens with one attached hydrogen (secondary N) is 1. The Morgan fingerprint density at radius 3 is 2.44 bits per heavy atom. The zero-order valence-corrected chi connectivity index (χ0v) is 14.8. The van der Waals surface area contributed by atoms with Crippen molar-refractivity contribution in [2.75, 3.05) is 11.9 Å². The van der Waals surface area contributed by atoms with Gasteiger partial charge in [0, 0.05) is 16.8 Å². The number of amides is 1. The van der Waals surface area contributed by atoms with Gasteiger partial charge in [-0.2, -0.15) is 0 Å². The van der Waals surface area contributed by atoms with E-state index >= 15 is 0 Å². The SMILES string of the molecule is CCOc1ccc(C(=O)Nc2ccc(-c3nc4ccccc4o3)cc2)cc1. The Morgan fingerprint density at radius 1 is 1.00 bits per heavy atom. The smallest absolute Gasteiger partial charge is 0.255 e. The molecule has 4 rings (SSSR count). The highest BCUT2D eigenvalue weighted by Gasteiger charge is 2.09. The van der Waals surface area contributed by atoms with Gasteiger partial charge in [-0.05, 0) is 67.6 Å². The molecule has 0 unspecified atom stereocenters. The van der Waals surface area contributed by atoms with E-state index in [9.17, 15) is 4.79 Å². The van der Waals surface area contributed by atoms with E-state index in [0.29, 0.717) is 23.7 Å². The third-order valence-electron chi connectivity index (χ3n) is 4.11. The molecule has 27 heavy (non-hydrogen) atoms. The van der Waals surface area contributed by atoms with Crippen LogP contribution in [0.25, 0.3) is 22.6 Å². The fraction of sp³-hybridized carbons (Fsp3) is 0.0909. The normalized spacial score (nSPS) is 10.7. The van der Waals surface area contributed by atoms with Gasteiger partial charge in [0.2, 0.25) is 5.89 Å². The number of para-hydroxylation sites is 2. The van der Waals surface area contributed by atoms with Crippen LogP contribution in [0.1, 0.15) is 17.3 Å². The zero-order valence-electron chi connectivity index (χ0n) is 14.8. The van der Waals surface area contributed by atoms with Crippen LogP contribution in [0.3, 0.4) is 0 Å². The lowest BCUT2D eigenvalue weighted by atomic mass is 10.1. The van der Waals surface area contributed by atoms with E-state index in [2.05, 4.69) is 10.3 Å². The third-order valence-corrected chi connectivity index (χ3v) is 4.11. The molecule has 1 N–H and O–H groups in total. The molecule has 0 fully saturated rings. The van der Waals surface area contributed by atoms with Crippen LogP contribution in [0.2, 0.25) is 0 Å². The summed E-state index contributed by atoms with van der Waals surface area (Å²) in [7, 11) is 0. The van der Waals surface area contributed by atoms with Crippen LogP contribution in [-0.2, 0) is 0 Å². The molecule has 0 atom stereocenters. The largest absolute Gasteiger partial charge is 0.494 e. The topological polar surface area (TPSA) is 64.4 Å². The molecule has 0 aliphatic carbocycles. The van der Waals surface area contributed by atoms with Crippen LogP contribution >= 0.6 is 0 Å². The summed E-state index contributed by atoms with van der Waals surface area (Å²) in [5, 5.41) is 2.88. The highest BCUT2D eigenvalue weighted by atomic mass is 16.5. The molecule has 0 aliphatic heterocycles. The molecule has 0 spiro atoms. The average Bonchev–Trinajstić information content (AvgIpc) is 3.13. The fourth-order valence-corrected chi connectivity index (χ4v) is 2.76. The van der Waals surface area contributed by atoms with Crippen molar-refractivity contribution in [2.24, 2.45) is 0 Å². The predicted octanol–water partition coefficient (Wildman–Crippen LogP) is 5.15. The molecule has 4 aromatic rings. The van der Waals surface area contributed by atoms with Gasteiger partial charge in [0.25, 0.3) is 5.91 Å². The van der Waals surface area contributed by atoms with Gasteiger partial charge >= 0.3 is 0 Å². The molecule has 0 saturated heterocycles. The van der Waals surface area contributed by atoms with Crippen LogP contribution in [-0.4, -0.2) is 17.5 Å². The van der Waals surface area contributed by atoms with E-state index in [1.165, 1.54) is 0 Å². The molecular formula is C22H18N2O3. The Bertz CT molecular complexity index is 1030. The predicted molar refractivity (Wildman–Crippen MR) is 105 cm³/mol. The van der Waals surface area contributed by atoms with E-state index in [1.54, 1.807) is 24.3 Å². The Kier molecular flexibility index (Phi) is 4.58. The summed E-state index contributed by atoms with van der Waals surface area (Å²) in [5.41, 5.74) is 3.70. The quantitative estimate of drug-likeness (QED) is 0.536. The number of benzene rings is 3. The van der Waals surface area contributed by atoms with Crippen molar-refractivity contribution >= 4 is 22.7 Å². The first kappa shape index (κ1) is 16.8. The van der Waals surface area contributed by atoms with Crippen molar-refractivity contribution in [1.82, 2.24) is 4.98 Å². The lowest BCUT2D eigenvalue weighted by Gasteiger charge is -2.07. The minimum absolute atomic E-state index is 0.173. The Hall–Kier alpha value is -3.60. The molecule has 134 valence electrons. The van der Waals surface area contributed by atoms with E-state index in [0.717, 1.165) is 22.4 Å². The minimum atomic E-state index is -0.173. The highest BCUT2D eigenvalue weighted by Crippen LogP contribution is 2.25. The molecule has 5 nitrogen and oxygen atoms in total. The number of fused-ring (bicyclic) bond motifs is 1. The number of hydrogen-bond acceptors (Lipinski definition) is 4.